The molecular formula is C16H25N3. The number of nitrogens with one attached hydrogen (secondary N) is 1. The van der Waals surface area contributed by atoms with E-state index in [-0.39, 0.29) is 0 Å². The molecule has 0 fully saturated rings. The SMILES string of the molecule is CC(C)CCNC(N)=NCc1ccc2c(c1)CCC2. The molecule has 0 saturated carbocycles. The molecule has 0 radical (unpaired) electrons. The topological polar surface area (TPSA) is 50.4 Å². The summed E-state index contributed by atoms with van der Waals surface area (Å²) < 4.78 is 0. The summed E-state index contributed by atoms with van der Waals surface area (Å²) in [5.74, 6) is 1.25. The van der Waals surface area contributed by atoms with Crippen molar-refractivity contribution in [2.45, 2.75) is 46.1 Å². The van der Waals surface area contributed by atoms with Crippen molar-refractivity contribution >= 4 is 5.96 Å². The van der Waals surface area contributed by atoms with Gasteiger partial charge in [-0.1, -0.05) is 32.0 Å². The molecule has 3 nitrogen and oxygen atoms in total. The fourth-order valence-corrected chi connectivity index (χ4v) is 2.44. The molecule has 1 aliphatic rings. The summed E-state index contributed by atoms with van der Waals surface area (Å²) in [7, 11) is 0. The number of hydrogen-bond acceptors (Lipinski definition) is 1. The summed E-state index contributed by atoms with van der Waals surface area (Å²) in [5, 5.41) is 3.16. The Morgan fingerprint density at radius 3 is 2.89 bits per heavy atom. The van der Waals surface area contributed by atoms with Crippen LogP contribution in [0.25, 0.3) is 0 Å². The maximum absolute atomic E-state index is 5.86. The molecule has 0 atom stereocenters. The standard InChI is InChI=1S/C16H25N3/c1-12(2)8-9-18-16(17)19-11-13-6-7-14-4-3-5-15(14)10-13/h6-7,10,12H,3-5,8-9,11H2,1-2H3,(H3,17,18,19). The molecule has 0 aromatic heterocycles. The van der Waals surface area contributed by atoms with Gasteiger partial charge in [0.15, 0.2) is 5.96 Å². The predicted molar refractivity (Wildman–Crippen MR) is 81.3 cm³/mol. The van der Waals surface area contributed by atoms with Gasteiger partial charge in [0.05, 0.1) is 6.54 Å². The fourth-order valence-electron chi connectivity index (χ4n) is 2.44. The number of guanidine groups is 1. The van der Waals surface area contributed by atoms with Crippen LogP contribution in [0.2, 0.25) is 0 Å². The van der Waals surface area contributed by atoms with E-state index in [1.807, 2.05) is 0 Å². The van der Waals surface area contributed by atoms with Crippen LogP contribution in [0.1, 0.15) is 43.4 Å². The molecule has 0 aliphatic heterocycles. The summed E-state index contributed by atoms with van der Waals surface area (Å²) in [4.78, 5) is 4.40. The molecular weight excluding hydrogens is 234 g/mol. The molecule has 0 spiro atoms. The van der Waals surface area contributed by atoms with Gasteiger partial charge in [-0.15, -0.1) is 0 Å². The number of nitrogens with two attached hydrogens (primary N) is 1. The van der Waals surface area contributed by atoms with Crippen LogP contribution in [0.3, 0.4) is 0 Å². The van der Waals surface area contributed by atoms with E-state index in [1.54, 1.807) is 0 Å². The first-order valence-electron chi connectivity index (χ1n) is 7.29. The summed E-state index contributed by atoms with van der Waals surface area (Å²) in [6.07, 6.45) is 4.86. The quantitative estimate of drug-likeness (QED) is 0.631. The Morgan fingerprint density at radius 1 is 1.32 bits per heavy atom. The van der Waals surface area contributed by atoms with Crippen molar-refractivity contribution in [3.63, 3.8) is 0 Å². The van der Waals surface area contributed by atoms with E-state index >= 15 is 0 Å². The minimum absolute atomic E-state index is 0.557. The molecule has 3 N–H and O–H groups in total. The third-order valence-electron chi connectivity index (χ3n) is 3.62. The lowest BCUT2D eigenvalue weighted by atomic mass is 10.1. The van der Waals surface area contributed by atoms with Gasteiger partial charge in [-0.3, -0.25) is 0 Å². The summed E-state index contributed by atoms with van der Waals surface area (Å²) >= 11 is 0. The number of rotatable bonds is 5. The minimum atomic E-state index is 0.557. The first kappa shape index (κ1) is 13.9. The van der Waals surface area contributed by atoms with Crippen LogP contribution in [-0.4, -0.2) is 12.5 Å². The van der Waals surface area contributed by atoms with Crippen LogP contribution >= 0.6 is 0 Å². The maximum atomic E-state index is 5.86. The normalized spacial score (nSPS) is 14.8. The number of fused-ring (bicyclic) bond motifs is 1. The predicted octanol–water partition coefficient (Wildman–Crippen LogP) is 2.63. The van der Waals surface area contributed by atoms with E-state index in [4.69, 9.17) is 5.73 Å². The van der Waals surface area contributed by atoms with Gasteiger partial charge in [0.1, 0.15) is 0 Å². The lowest BCUT2D eigenvalue weighted by molar-refractivity contribution is 0.576. The highest BCUT2D eigenvalue weighted by Crippen LogP contribution is 2.22. The number of aliphatic imine (C=N–C) groups is 1. The molecule has 104 valence electrons. The average Bonchev–Trinajstić information content (AvgIpc) is 2.83. The zero-order valence-electron chi connectivity index (χ0n) is 12.1. The van der Waals surface area contributed by atoms with Crippen LogP contribution in [0.4, 0.5) is 0 Å². The molecule has 3 heteroatoms. The van der Waals surface area contributed by atoms with Crippen LogP contribution < -0.4 is 11.1 Å². The lowest BCUT2D eigenvalue weighted by Crippen LogP contribution is -2.32. The van der Waals surface area contributed by atoms with E-state index in [2.05, 4.69) is 42.4 Å². The fraction of sp³-hybridized carbons (Fsp3) is 0.562. The van der Waals surface area contributed by atoms with Crippen molar-refractivity contribution in [1.82, 2.24) is 5.32 Å². The summed E-state index contributed by atoms with van der Waals surface area (Å²) in [6.45, 7) is 5.99. The van der Waals surface area contributed by atoms with Crippen molar-refractivity contribution in [2.24, 2.45) is 16.6 Å². The van der Waals surface area contributed by atoms with Crippen LogP contribution in [0, 0.1) is 5.92 Å². The number of nitrogens with zero attached hydrogens (tertiary/aromatic N) is 1. The lowest BCUT2D eigenvalue weighted by Gasteiger charge is -2.08. The van der Waals surface area contributed by atoms with Crippen LogP contribution in [0.5, 0.6) is 0 Å². The molecule has 0 saturated heterocycles. The number of hydrogen-bond donors (Lipinski definition) is 2. The smallest absolute Gasteiger partial charge is 0.188 e. The Bertz CT molecular complexity index is 449. The molecule has 0 heterocycles. The van der Waals surface area contributed by atoms with Crippen molar-refractivity contribution in [3.8, 4) is 0 Å². The van der Waals surface area contributed by atoms with E-state index in [0.717, 1.165) is 13.0 Å². The first-order chi connectivity index (χ1) is 9.15. The van der Waals surface area contributed by atoms with Gasteiger partial charge in [0.25, 0.3) is 0 Å². The van der Waals surface area contributed by atoms with Crippen molar-refractivity contribution < 1.29 is 0 Å². The van der Waals surface area contributed by atoms with Gasteiger partial charge in [0, 0.05) is 6.54 Å². The molecule has 1 aromatic carbocycles. The average molecular weight is 259 g/mol. The second kappa shape index (κ2) is 6.60. The van der Waals surface area contributed by atoms with E-state index in [1.165, 1.54) is 36.0 Å². The van der Waals surface area contributed by atoms with E-state index in [0.29, 0.717) is 18.4 Å². The van der Waals surface area contributed by atoms with Crippen LogP contribution in [-0.2, 0) is 19.4 Å². The summed E-state index contributed by atoms with van der Waals surface area (Å²) in [5.41, 5.74) is 10.1. The van der Waals surface area contributed by atoms with Gasteiger partial charge in [-0.25, -0.2) is 4.99 Å². The molecule has 0 amide bonds. The highest BCUT2D eigenvalue weighted by molar-refractivity contribution is 5.77. The van der Waals surface area contributed by atoms with E-state index < -0.39 is 0 Å². The van der Waals surface area contributed by atoms with Crippen molar-refractivity contribution in [2.75, 3.05) is 6.54 Å². The highest BCUT2D eigenvalue weighted by Gasteiger charge is 2.10. The van der Waals surface area contributed by atoms with Gasteiger partial charge < -0.3 is 11.1 Å². The van der Waals surface area contributed by atoms with Gasteiger partial charge in [-0.2, -0.15) is 0 Å². The third kappa shape index (κ3) is 4.27. The second-order valence-corrected chi connectivity index (χ2v) is 5.77. The molecule has 1 aromatic rings. The molecule has 1 aliphatic carbocycles. The third-order valence-corrected chi connectivity index (χ3v) is 3.62. The zero-order valence-corrected chi connectivity index (χ0v) is 12.1. The zero-order chi connectivity index (χ0) is 13.7. The maximum Gasteiger partial charge on any atom is 0.188 e. The monoisotopic (exact) mass is 259 g/mol. The Balaban J connectivity index is 1.84. The first-order valence-corrected chi connectivity index (χ1v) is 7.29. The molecule has 0 bridgehead atoms. The van der Waals surface area contributed by atoms with Crippen molar-refractivity contribution in [1.29, 1.82) is 0 Å². The largest absolute Gasteiger partial charge is 0.370 e. The molecule has 0 unspecified atom stereocenters. The van der Waals surface area contributed by atoms with Gasteiger partial charge in [0.2, 0.25) is 0 Å². The van der Waals surface area contributed by atoms with E-state index in [9.17, 15) is 0 Å². The minimum Gasteiger partial charge on any atom is -0.370 e. The highest BCUT2D eigenvalue weighted by atomic mass is 15.1. The van der Waals surface area contributed by atoms with Gasteiger partial charge >= 0.3 is 0 Å². The summed E-state index contributed by atoms with van der Waals surface area (Å²) in [6, 6.07) is 6.71. The molecule has 2 rings (SSSR count). The number of benzene rings is 1. The van der Waals surface area contributed by atoms with Gasteiger partial charge in [-0.05, 0) is 48.3 Å². The second-order valence-electron chi connectivity index (χ2n) is 5.77. The van der Waals surface area contributed by atoms with Crippen molar-refractivity contribution in [3.05, 3.63) is 34.9 Å². The Labute approximate surface area is 116 Å². The van der Waals surface area contributed by atoms with Crippen LogP contribution in [0.15, 0.2) is 23.2 Å². The Hall–Kier alpha value is -1.51. The Morgan fingerprint density at radius 2 is 2.11 bits per heavy atom. The molecule has 19 heavy (non-hydrogen) atoms. The Kier molecular flexibility index (Phi) is 4.83. The number of aryl methyl sites for hydroxylation is 2.